The van der Waals surface area contributed by atoms with Crippen LogP contribution in [0, 0.1) is 12.8 Å². The average molecular weight is 306 g/mol. The van der Waals surface area contributed by atoms with Crippen molar-refractivity contribution in [2.75, 3.05) is 7.11 Å². The van der Waals surface area contributed by atoms with Crippen molar-refractivity contribution in [1.29, 1.82) is 0 Å². The van der Waals surface area contributed by atoms with Crippen molar-refractivity contribution >= 4 is 17.9 Å². The molecule has 1 saturated carbocycles. The van der Waals surface area contributed by atoms with Crippen LogP contribution in [0.4, 0.5) is 4.79 Å². The van der Waals surface area contributed by atoms with Gasteiger partial charge in [-0.25, -0.2) is 9.59 Å². The molecular formula is C15H18N2O5. The topological polar surface area (TPSA) is 88.8 Å². The van der Waals surface area contributed by atoms with Crippen molar-refractivity contribution in [1.82, 2.24) is 10.2 Å². The standard InChI is InChI=1S/C15H18N2O5/c1-8-6-10(22-11(8)12(18)21-3)7-17-13(19)15(2,9-4-5-9)16-14(17)20/h6,9H,4-5,7H2,1-3H3,(H,16,20). The molecule has 1 aliphatic heterocycles. The first-order valence-electron chi connectivity index (χ1n) is 7.18. The molecule has 22 heavy (non-hydrogen) atoms. The molecule has 0 radical (unpaired) electrons. The molecule has 1 N–H and O–H groups in total. The summed E-state index contributed by atoms with van der Waals surface area (Å²) < 4.78 is 10.0. The summed E-state index contributed by atoms with van der Waals surface area (Å²) in [7, 11) is 1.27. The molecular weight excluding hydrogens is 288 g/mol. The van der Waals surface area contributed by atoms with Gasteiger partial charge in [0.2, 0.25) is 5.76 Å². The number of furan rings is 1. The first-order chi connectivity index (χ1) is 10.4. The molecule has 1 saturated heterocycles. The van der Waals surface area contributed by atoms with E-state index in [1.165, 1.54) is 7.11 Å². The van der Waals surface area contributed by atoms with Crippen LogP contribution >= 0.6 is 0 Å². The zero-order valence-electron chi connectivity index (χ0n) is 12.8. The Morgan fingerprint density at radius 1 is 1.50 bits per heavy atom. The minimum Gasteiger partial charge on any atom is -0.463 e. The number of nitrogens with zero attached hydrogens (tertiary/aromatic N) is 1. The number of esters is 1. The van der Waals surface area contributed by atoms with E-state index in [4.69, 9.17) is 4.42 Å². The maximum atomic E-state index is 12.5. The van der Waals surface area contributed by atoms with E-state index >= 15 is 0 Å². The van der Waals surface area contributed by atoms with Crippen LogP contribution in [0.1, 0.15) is 41.6 Å². The van der Waals surface area contributed by atoms with Gasteiger partial charge in [-0.3, -0.25) is 9.69 Å². The fourth-order valence-corrected chi connectivity index (χ4v) is 2.87. The number of carbonyl (C=O) groups excluding carboxylic acids is 3. The number of methoxy groups -OCH3 is 1. The molecule has 118 valence electrons. The number of carbonyl (C=O) groups is 3. The molecule has 0 spiro atoms. The Hall–Kier alpha value is -2.31. The molecule has 7 heteroatoms. The second kappa shape index (κ2) is 4.86. The summed E-state index contributed by atoms with van der Waals surface area (Å²) in [5.74, 6) is -0.147. The first kappa shape index (κ1) is 14.6. The molecule has 1 aromatic heterocycles. The predicted octanol–water partition coefficient (Wildman–Crippen LogP) is 1.60. The molecule has 0 aromatic carbocycles. The molecule has 1 aromatic rings. The van der Waals surface area contributed by atoms with Crippen molar-refractivity contribution in [3.8, 4) is 0 Å². The monoisotopic (exact) mass is 306 g/mol. The van der Waals surface area contributed by atoms with Gasteiger partial charge in [0.15, 0.2) is 0 Å². The van der Waals surface area contributed by atoms with Gasteiger partial charge < -0.3 is 14.5 Å². The summed E-state index contributed by atoms with van der Waals surface area (Å²) in [6, 6.07) is 1.22. The van der Waals surface area contributed by atoms with E-state index in [1.807, 2.05) is 0 Å². The zero-order valence-corrected chi connectivity index (χ0v) is 12.8. The van der Waals surface area contributed by atoms with Crippen LogP contribution in [0.5, 0.6) is 0 Å². The molecule has 7 nitrogen and oxygen atoms in total. The third-order valence-corrected chi connectivity index (χ3v) is 4.35. The third kappa shape index (κ3) is 2.17. The molecule has 2 aliphatic rings. The largest absolute Gasteiger partial charge is 0.463 e. The smallest absolute Gasteiger partial charge is 0.374 e. The lowest BCUT2D eigenvalue weighted by Gasteiger charge is -2.20. The van der Waals surface area contributed by atoms with Crippen LogP contribution < -0.4 is 5.32 Å². The highest BCUT2D eigenvalue weighted by Gasteiger charge is 2.56. The predicted molar refractivity (Wildman–Crippen MR) is 75.0 cm³/mol. The van der Waals surface area contributed by atoms with Crippen molar-refractivity contribution < 1.29 is 23.5 Å². The zero-order chi connectivity index (χ0) is 16.1. The summed E-state index contributed by atoms with van der Waals surface area (Å²) in [5, 5.41) is 2.77. The van der Waals surface area contributed by atoms with E-state index in [9.17, 15) is 14.4 Å². The Bertz CT molecular complexity index is 661. The van der Waals surface area contributed by atoms with Gasteiger partial charge in [0.05, 0.1) is 13.7 Å². The Kier molecular flexibility index (Phi) is 3.23. The quantitative estimate of drug-likeness (QED) is 0.674. The first-order valence-corrected chi connectivity index (χ1v) is 7.18. The highest BCUT2D eigenvalue weighted by Crippen LogP contribution is 2.42. The average Bonchev–Trinajstić information content (AvgIpc) is 3.23. The molecule has 3 amide bonds. The third-order valence-electron chi connectivity index (χ3n) is 4.35. The minimum absolute atomic E-state index is 0.00477. The lowest BCUT2D eigenvalue weighted by atomic mass is 9.96. The second-order valence-electron chi connectivity index (χ2n) is 6.01. The summed E-state index contributed by atoms with van der Waals surface area (Å²) in [5.41, 5.74) is -0.206. The molecule has 3 rings (SSSR count). The number of rotatable bonds is 4. The Morgan fingerprint density at radius 3 is 2.77 bits per heavy atom. The van der Waals surface area contributed by atoms with Crippen LogP contribution in [0.15, 0.2) is 10.5 Å². The number of hydrogen-bond donors (Lipinski definition) is 1. The van der Waals surface area contributed by atoms with Crippen molar-refractivity contribution in [2.24, 2.45) is 5.92 Å². The van der Waals surface area contributed by atoms with Gasteiger partial charge in [0, 0.05) is 5.56 Å². The van der Waals surface area contributed by atoms with Crippen LogP contribution in [-0.2, 0) is 16.1 Å². The Morgan fingerprint density at radius 2 is 2.18 bits per heavy atom. The summed E-state index contributed by atoms with van der Waals surface area (Å²) >= 11 is 0. The highest BCUT2D eigenvalue weighted by atomic mass is 16.5. The maximum Gasteiger partial charge on any atom is 0.374 e. The SMILES string of the molecule is COC(=O)c1oc(CN2C(=O)NC(C)(C3CC3)C2=O)cc1C. The van der Waals surface area contributed by atoms with E-state index in [-0.39, 0.29) is 24.1 Å². The fourth-order valence-electron chi connectivity index (χ4n) is 2.87. The van der Waals surface area contributed by atoms with E-state index in [1.54, 1.807) is 19.9 Å². The normalized spacial score (nSPS) is 24.6. The van der Waals surface area contributed by atoms with Gasteiger partial charge in [-0.05, 0) is 38.7 Å². The van der Waals surface area contributed by atoms with Crippen LogP contribution in [-0.4, -0.2) is 35.5 Å². The van der Waals surface area contributed by atoms with Crippen LogP contribution in [0.25, 0.3) is 0 Å². The van der Waals surface area contributed by atoms with E-state index in [2.05, 4.69) is 10.1 Å². The van der Waals surface area contributed by atoms with Gasteiger partial charge in [-0.15, -0.1) is 0 Å². The number of imide groups is 1. The maximum absolute atomic E-state index is 12.5. The number of nitrogens with one attached hydrogen (secondary N) is 1. The Balaban J connectivity index is 1.80. The molecule has 1 atom stereocenters. The minimum atomic E-state index is -0.816. The highest BCUT2D eigenvalue weighted by molar-refractivity contribution is 6.07. The van der Waals surface area contributed by atoms with Crippen LogP contribution in [0.3, 0.4) is 0 Å². The number of urea groups is 1. The lowest BCUT2D eigenvalue weighted by molar-refractivity contribution is -0.132. The van der Waals surface area contributed by atoms with Gasteiger partial charge in [0.1, 0.15) is 11.3 Å². The lowest BCUT2D eigenvalue weighted by Crippen LogP contribution is -2.46. The fraction of sp³-hybridized carbons (Fsp3) is 0.533. The van der Waals surface area contributed by atoms with E-state index in [0.717, 1.165) is 17.7 Å². The molecule has 2 fully saturated rings. The van der Waals surface area contributed by atoms with Gasteiger partial charge in [-0.1, -0.05) is 0 Å². The molecule has 1 unspecified atom stereocenters. The summed E-state index contributed by atoms with van der Waals surface area (Å²) in [6.45, 7) is 3.47. The second-order valence-corrected chi connectivity index (χ2v) is 6.01. The van der Waals surface area contributed by atoms with Gasteiger partial charge >= 0.3 is 12.0 Å². The molecule has 2 heterocycles. The summed E-state index contributed by atoms with van der Waals surface area (Å²) in [4.78, 5) is 37.3. The number of ether oxygens (including phenoxy) is 1. The van der Waals surface area contributed by atoms with Crippen molar-refractivity contribution in [3.63, 3.8) is 0 Å². The van der Waals surface area contributed by atoms with Gasteiger partial charge in [-0.2, -0.15) is 0 Å². The van der Waals surface area contributed by atoms with Crippen LogP contribution in [0.2, 0.25) is 0 Å². The van der Waals surface area contributed by atoms with E-state index < -0.39 is 17.5 Å². The number of aryl methyl sites for hydroxylation is 1. The molecule has 1 aliphatic carbocycles. The van der Waals surface area contributed by atoms with Crippen molar-refractivity contribution in [3.05, 3.63) is 23.2 Å². The number of amides is 3. The van der Waals surface area contributed by atoms with E-state index in [0.29, 0.717) is 11.3 Å². The number of hydrogen-bond acceptors (Lipinski definition) is 5. The molecule has 0 bridgehead atoms. The Labute approximate surface area is 127 Å². The van der Waals surface area contributed by atoms with Crippen molar-refractivity contribution in [2.45, 2.75) is 38.8 Å². The van der Waals surface area contributed by atoms with Gasteiger partial charge in [0.25, 0.3) is 5.91 Å². The summed E-state index contributed by atoms with van der Waals surface area (Å²) in [6.07, 6.45) is 1.89.